The number of aromatic amines is 1. The molecule has 0 aliphatic rings. The first kappa shape index (κ1) is 23.3. The molecule has 0 spiro atoms. The summed E-state index contributed by atoms with van der Waals surface area (Å²) in [6.45, 7) is 6.80. The summed E-state index contributed by atoms with van der Waals surface area (Å²) in [7, 11) is 1.58. The number of hydrogen-bond acceptors (Lipinski definition) is 3. The number of amides is 1. The zero-order chi connectivity index (χ0) is 24.2. The summed E-state index contributed by atoms with van der Waals surface area (Å²) in [5.41, 5.74) is 6.27. The number of rotatable bonds is 7. The Balaban J connectivity index is 1.71. The number of nitrogens with one attached hydrogen (secondary N) is 1. The van der Waals surface area contributed by atoms with Crippen LogP contribution in [-0.4, -0.2) is 29.4 Å². The fraction of sp³-hybridized carbons (Fsp3) is 0.241. The van der Waals surface area contributed by atoms with Crippen molar-refractivity contribution in [3.05, 3.63) is 110 Å². The number of benzene rings is 3. The first-order valence-corrected chi connectivity index (χ1v) is 11.5. The van der Waals surface area contributed by atoms with Crippen molar-refractivity contribution in [3.8, 4) is 5.75 Å². The Kier molecular flexibility index (Phi) is 6.82. The van der Waals surface area contributed by atoms with E-state index in [1.807, 2.05) is 44.2 Å². The smallest absolute Gasteiger partial charge is 0.254 e. The molecular weight excluding hydrogens is 424 g/mol. The van der Waals surface area contributed by atoms with Crippen molar-refractivity contribution in [2.75, 3.05) is 13.7 Å². The third kappa shape index (κ3) is 4.88. The summed E-state index contributed by atoms with van der Waals surface area (Å²) in [5, 5.41) is 1.00. The Labute approximate surface area is 200 Å². The lowest BCUT2D eigenvalue weighted by molar-refractivity contribution is 0.0744. The normalized spacial score (nSPS) is 10.9. The van der Waals surface area contributed by atoms with Gasteiger partial charge in [-0.1, -0.05) is 42.5 Å². The molecule has 4 rings (SSSR count). The molecule has 0 fully saturated rings. The minimum atomic E-state index is -0.166. The molecule has 5 heteroatoms. The van der Waals surface area contributed by atoms with Crippen molar-refractivity contribution in [1.82, 2.24) is 9.88 Å². The highest BCUT2D eigenvalue weighted by Gasteiger charge is 2.19. The molecule has 1 heterocycles. The number of methoxy groups -OCH3 is 1. The minimum Gasteiger partial charge on any atom is -0.497 e. The Bertz CT molecular complexity index is 1400. The topological polar surface area (TPSA) is 62.4 Å². The molecule has 0 saturated heterocycles. The fourth-order valence-electron chi connectivity index (χ4n) is 4.28. The van der Waals surface area contributed by atoms with Crippen LogP contribution in [0.2, 0.25) is 0 Å². The summed E-state index contributed by atoms with van der Waals surface area (Å²) >= 11 is 0. The van der Waals surface area contributed by atoms with Crippen molar-refractivity contribution < 1.29 is 9.53 Å². The monoisotopic (exact) mass is 454 g/mol. The number of carbonyl (C=O) groups excluding carboxylic acids is 1. The van der Waals surface area contributed by atoms with Gasteiger partial charge < -0.3 is 14.6 Å². The SMILES string of the molecule is COc1cccc(C(=O)N(CCc2ccccc2C)Cc2cc3c(C)ccc(C)c3[nH]c2=O)c1. The van der Waals surface area contributed by atoms with Crippen LogP contribution >= 0.6 is 0 Å². The largest absolute Gasteiger partial charge is 0.497 e. The second-order valence-corrected chi connectivity index (χ2v) is 8.75. The summed E-state index contributed by atoms with van der Waals surface area (Å²) in [5.74, 6) is 0.493. The summed E-state index contributed by atoms with van der Waals surface area (Å²) < 4.78 is 5.31. The molecule has 174 valence electrons. The first-order valence-electron chi connectivity index (χ1n) is 11.5. The molecule has 0 atom stereocenters. The van der Waals surface area contributed by atoms with E-state index in [2.05, 4.69) is 30.1 Å². The van der Waals surface area contributed by atoms with Crippen molar-refractivity contribution in [3.63, 3.8) is 0 Å². The van der Waals surface area contributed by atoms with Crippen molar-refractivity contribution >= 4 is 16.8 Å². The average molecular weight is 455 g/mol. The van der Waals surface area contributed by atoms with Crippen LogP contribution in [0.5, 0.6) is 5.75 Å². The van der Waals surface area contributed by atoms with E-state index >= 15 is 0 Å². The summed E-state index contributed by atoms with van der Waals surface area (Å²) in [6, 6.07) is 21.3. The second-order valence-electron chi connectivity index (χ2n) is 8.75. The number of hydrogen-bond donors (Lipinski definition) is 1. The number of aryl methyl sites for hydroxylation is 3. The van der Waals surface area contributed by atoms with Gasteiger partial charge in [-0.2, -0.15) is 0 Å². The zero-order valence-corrected chi connectivity index (χ0v) is 20.1. The van der Waals surface area contributed by atoms with Gasteiger partial charge >= 0.3 is 0 Å². The van der Waals surface area contributed by atoms with Gasteiger partial charge in [-0.15, -0.1) is 0 Å². The molecule has 5 nitrogen and oxygen atoms in total. The van der Waals surface area contributed by atoms with Gasteiger partial charge in [0.25, 0.3) is 11.5 Å². The van der Waals surface area contributed by atoms with E-state index in [1.54, 1.807) is 30.2 Å². The minimum absolute atomic E-state index is 0.132. The summed E-state index contributed by atoms with van der Waals surface area (Å²) in [4.78, 5) is 31.4. The van der Waals surface area contributed by atoms with Crippen LogP contribution in [0.3, 0.4) is 0 Å². The fourth-order valence-corrected chi connectivity index (χ4v) is 4.28. The van der Waals surface area contributed by atoms with E-state index in [4.69, 9.17) is 4.74 Å². The lowest BCUT2D eigenvalue weighted by atomic mass is 10.0. The van der Waals surface area contributed by atoms with Gasteiger partial charge in [-0.25, -0.2) is 0 Å². The molecule has 0 saturated carbocycles. The van der Waals surface area contributed by atoms with Crippen molar-refractivity contribution in [2.45, 2.75) is 33.7 Å². The van der Waals surface area contributed by atoms with Gasteiger partial charge in [0, 0.05) is 23.1 Å². The highest BCUT2D eigenvalue weighted by Crippen LogP contribution is 2.21. The maximum atomic E-state index is 13.6. The molecule has 3 aromatic carbocycles. The number of H-pyrrole nitrogens is 1. The van der Waals surface area contributed by atoms with Gasteiger partial charge in [0.2, 0.25) is 0 Å². The molecule has 1 N–H and O–H groups in total. The Hall–Kier alpha value is -3.86. The third-order valence-electron chi connectivity index (χ3n) is 6.40. The van der Waals surface area contributed by atoms with Crippen LogP contribution in [0.15, 0.2) is 71.5 Å². The number of nitrogens with zero attached hydrogens (tertiary/aromatic N) is 1. The Morgan fingerprint density at radius 2 is 1.65 bits per heavy atom. The van der Waals surface area contributed by atoms with Gasteiger partial charge in [-0.3, -0.25) is 9.59 Å². The quantitative estimate of drug-likeness (QED) is 0.410. The van der Waals surface area contributed by atoms with Crippen LogP contribution in [0.25, 0.3) is 10.9 Å². The number of carbonyl (C=O) groups is 1. The van der Waals surface area contributed by atoms with Crippen LogP contribution < -0.4 is 10.3 Å². The van der Waals surface area contributed by atoms with Gasteiger partial charge in [0.15, 0.2) is 0 Å². The van der Waals surface area contributed by atoms with E-state index in [0.29, 0.717) is 29.8 Å². The molecule has 4 aromatic rings. The zero-order valence-electron chi connectivity index (χ0n) is 20.1. The second kappa shape index (κ2) is 9.96. The predicted octanol–water partition coefficient (Wildman–Crippen LogP) is 5.35. The number of pyridine rings is 1. The third-order valence-corrected chi connectivity index (χ3v) is 6.40. The van der Waals surface area contributed by atoms with E-state index in [0.717, 1.165) is 22.0 Å². The molecule has 0 bridgehead atoms. The lowest BCUT2D eigenvalue weighted by Gasteiger charge is -2.24. The molecule has 0 aliphatic carbocycles. The lowest BCUT2D eigenvalue weighted by Crippen LogP contribution is -2.34. The molecule has 1 amide bonds. The molecule has 0 aliphatic heterocycles. The van der Waals surface area contributed by atoms with E-state index in [-0.39, 0.29) is 18.0 Å². The van der Waals surface area contributed by atoms with Gasteiger partial charge in [0.05, 0.1) is 19.2 Å². The van der Waals surface area contributed by atoms with Crippen LogP contribution in [0, 0.1) is 20.8 Å². The highest BCUT2D eigenvalue weighted by molar-refractivity contribution is 5.94. The van der Waals surface area contributed by atoms with E-state index in [1.165, 1.54) is 11.1 Å². The molecule has 0 unspecified atom stereocenters. The number of fused-ring (bicyclic) bond motifs is 1. The highest BCUT2D eigenvalue weighted by atomic mass is 16.5. The molecular formula is C29H30N2O3. The van der Waals surface area contributed by atoms with Crippen LogP contribution in [0.4, 0.5) is 0 Å². The Morgan fingerprint density at radius 3 is 2.41 bits per heavy atom. The van der Waals surface area contributed by atoms with Crippen molar-refractivity contribution in [1.29, 1.82) is 0 Å². The van der Waals surface area contributed by atoms with Crippen LogP contribution in [-0.2, 0) is 13.0 Å². The van der Waals surface area contributed by atoms with Crippen molar-refractivity contribution in [2.24, 2.45) is 0 Å². The standard InChI is InChI=1S/C29H30N2O3/c1-19-8-5-6-9-22(19)14-15-31(29(33)23-10-7-11-25(16-23)34-4)18-24-17-26-20(2)12-13-21(3)27(26)30-28(24)32/h5-13,16-17H,14-15,18H2,1-4H3,(H,30,32). The van der Waals surface area contributed by atoms with E-state index < -0.39 is 0 Å². The average Bonchev–Trinajstić information content (AvgIpc) is 2.85. The molecule has 34 heavy (non-hydrogen) atoms. The molecule has 1 aromatic heterocycles. The van der Waals surface area contributed by atoms with Gasteiger partial charge in [0.1, 0.15) is 5.75 Å². The maximum absolute atomic E-state index is 13.6. The predicted molar refractivity (Wildman–Crippen MR) is 137 cm³/mol. The van der Waals surface area contributed by atoms with Gasteiger partial charge in [-0.05, 0) is 73.7 Å². The van der Waals surface area contributed by atoms with Crippen LogP contribution in [0.1, 0.15) is 38.2 Å². The van der Waals surface area contributed by atoms with E-state index in [9.17, 15) is 9.59 Å². The number of aromatic nitrogens is 1. The molecule has 0 radical (unpaired) electrons. The summed E-state index contributed by atoms with van der Waals surface area (Å²) in [6.07, 6.45) is 0.700. The maximum Gasteiger partial charge on any atom is 0.254 e. The number of ether oxygens (including phenoxy) is 1. The Morgan fingerprint density at radius 1 is 0.882 bits per heavy atom. The first-order chi connectivity index (χ1) is 16.4.